The first-order valence-electron chi connectivity index (χ1n) is 5.29. The Morgan fingerprint density at radius 2 is 2.06 bits per heavy atom. The van der Waals surface area contributed by atoms with Gasteiger partial charge in [0.2, 0.25) is 0 Å². The molecule has 0 aliphatic carbocycles. The summed E-state index contributed by atoms with van der Waals surface area (Å²) in [6, 6.07) is 3.39. The van der Waals surface area contributed by atoms with Crippen molar-refractivity contribution in [3.8, 4) is 5.75 Å². The number of rotatable bonds is 5. The maximum atomic E-state index is 13.9. The Hall–Kier alpha value is -1.18. The largest absolute Gasteiger partial charge is 0.497 e. The van der Waals surface area contributed by atoms with Gasteiger partial charge in [-0.05, 0) is 13.0 Å². The normalized spacial score (nSPS) is 15.2. The Labute approximate surface area is 106 Å². The van der Waals surface area contributed by atoms with Crippen LogP contribution in [0, 0.1) is 5.82 Å². The van der Waals surface area contributed by atoms with Crippen LogP contribution in [0.3, 0.4) is 0 Å². The van der Waals surface area contributed by atoms with Crippen LogP contribution in [0.15, 0.2) is 18.2 Å². The van der Waals surface area contributed by atoms with Crippen LogP contribution in [0.5, 0.6) is 5.75 Å². The van der Waals surface area contributed by atoms with Crippen LogP contribution < -0.4 is 16.0 Å². The zero-order valence-corrected chi connectivity index (χ0v) is 11.3. The minimum atomic E-state index is -3.34. The lowest BCUT2D eigenvalue weighted by Crippen LogP contribution is -2.39. The van der Waals surface area contributed by atoms with Crippen LogP contribution in [0.25, 0.3) is 0 Å². The van der Waals surface area contributed by atoms with Crippen LogP contribution >= 0.6 is 0 Å². The van der Waals surface area contributed by atoms with Gasteiger partial charge in [-0.15, -0.1) is 0 Å². The van der Waals surface area contributed by atoms with Crippen molar-refractivity contribution in [3.05, 3.63) is 29.6 Å². The maximum Gasteiger partial charge on any atom is 0.151 e. The SMILES string of the molecule is COc1ccc(C(NN)C(C)S(C)(=O)=O)c(F)c1. The first-order valence-corrected chi connectivity index (χ1v) is 7.25. The lowest BCUT2D eigenvalue weighted by Gasteiger charge is -2.22. The fourth-order valence-electron chi connectivity index (χ4n) is 1.61. The zero-order chi connectivity index (χ0) is 13.9. The van der Waals surface area contributed by atoms with Crippen molar-refractivity contribution >= 4 is 9.84 Å². The summed E-state index contributed by atoms with van der Waals surface area (Å²) in [5.41, 5.74) is 2.53. The summed E-state index contributed by atoms with van der Waals surface area (Å²) in [5.74, 6) is 5.13. The second kappa shape index (κ2) is 5.64. The van der Waals surface area contributed by atoms with Crippen LogP contribution in [0.2, 0.25) is 0 Å². The molecule has 5 nitrogen and oxygen atoms in total. The smallest absolute Gasteiger partial charge is 0.151 e. The van der Waals surface area contributed by atoms with E-state index in [9.17, 15) is 12.8 Å². The molecule has 0 amide bonds. The van der Waals surface area contributed by atoms with E-state index in [1.54, 1.807) is 6.07 Å². The highest BCUT2D eigenvalue weighted by atomic mass is 32.2. The van der Waals surface area contributed by atoms with Crippen LogP contribution in [-0.2, 0) is 9.84 Å². The monoisotopic (exact) mass is 276 g/mol. The Morgan fingerprint density at radius 3 is 2.44 bits per heavy atom. The number of benzene rings is 1. The number of hydrogen-bond acceptors (Lipinski definition) is 5. The Bertz CT molecular complexity index is 519. The highest BCUT2D eigenvalue weighted by molar-refractivity contribution is 7.91. The number of methoxy groups -OCH3 is 1. The van der Waals surface area contributed by atoms with Crippen molar-refractivity contribution in [3.63, 3.8) is 0 Å². The van der Waals surface area contributed by atoms with Gasteiger partial charge in [-0.1, -0.05) is 6.07 Å². The highest BCUT2D eigenvalue weighted by Crippen LogP contribution is 2.26. The second-order valence-corrected chi connectivity index (χ2v) is 6.47. The second-order valence-electron chi connectivity index (χ2n) is 4.07. The molecule has 1 rings (SSSR count). The summed E-state index contributed by atoms with van der Waals surface area (Å²) in [5, 5.41) is -0.842. The molecule has 102 valence electrons. The molecule has 2 unspecified atom stereocenters. The van der Waals surface area contributed by atoms with E-state index in [2.05, 4.69) is 5.43 Å². The summed E-state index contributed by atoms with van der Waals surface area (Å²) in [7, 11) is -1.91. The molecule has 0 aromatic heterocycles. The Kier molecular flexibility index (Phi) is 4.66. The van der Waals surface area contributed by atoms with E-state index in [0.29, 0.717) is 5.75 Å². The molecular formula is C11H17FN2O3S. The molecule has 0 spiro atoms. The molecule has 0 heterocycles. The summed E-state index contributed by atoms with van der Waals surface area (Å²) >= 11 is 0. The van der Waals surface area contributed by atoms with Crippen molar-refractivity contribution < 1.29 is 17.5 Å². The van der Waals surface area contributed by atoms with E-state index in [4.69, 9.17) is 10.6 Å². The molecule has 0 saturated carbocycles. The van der Waals surface area contributed by atoms with E-state index in [0.717, 1.165) is 6.26 Å². The van der Waals surface area contributed by atoms with Crippen molar-refractivity contribution in [2.45, 2.75) is 18.2 Å². The highest BCUT2D eigenvalue weighted by Gasteiger charge is 2.28. The lowest BCUT2D eigenvalue weighted by molar-refractivity contribution is 0.408. The van der Waals surface area contributed by atoms with Gasteiger partial charge in [-0.3, -0.25) is 11.3 Å². The third kappa shape index (κ3) is 3.18. The van der Waals surface area contributed by atoms with E-state index in [1.807, 2.05) is 0 Å². The van der Waals surface area contributed by atoms with Crippen molar-refractivity contribution in [1.82, 2.24) is 5.43 Å². The van der Waals surface area contributed by atoms with Gasteiger partial charge in [0.15, 0.2) is 9.84 Å². The number of nitrogens with two attached hydrogens (primary N) is 1. The van der Waals surface area contributed by atoms with Gasteiger partial charge in [0.25, 0.3) is 0 Å². The van der Waals surface area contributed by atoms with Crippen molar-refractivity contribution in [1.29, 1.82) is 0 Å². The average molecular weight is 276 g/mol. The predicted molar refractivity (Wildman–Crippen MR) is 67.3 cm³/mol. The molecule has 3 N–H and O–H groups in total. The molecule has 0 saturated heterocycles. The van der Waals surface area contributed by atoms with Gasteiger partial charge in [0.1, 0.15) is 11.6 Å². The van der Waals surface area contributed by atoms with Gasteiger partial charge in [-0.2, -0.15) is 0 Å². The van der Waals surface area contributed by atoms with Gasteiger partial charge in [0, 0.05) is 17.9 Å². The average Bonchev–Trinajstić information content (AvgIpc) is 2.30. The minimum absolute atomic E-state index is 0.191. The number of sulfone groups is 1. The molecule has 7 heteroatoms. The fraction of sp³-hybridized carbons (Fsp3) is 0.455. The van der Waals surface area contributed by atoms with Gasteiger partial charge >= 0.3 is 0 Å². The maximum absolute atomic E-state index is 13.9. The minimum Gasteiger partial charge on any atom is -0.497 e. The molecule has 18 heavy (non-hydrogen) atoms. The molecule has 1 aromatic carbocycles. The first-order chi connectivity index (χ1) is 8.31. The number of nitrogens with one attached hydrogen (secondary N) is 1. The quantitative estimate of drug-likeness (QED) is 0.613. The lowest BCUT2D eigenvalue weighted by atomic mass is 10.0. The number of hydrogen-bond donors (Lipinski definition) is 2. The summed E-state index contributed by atoms with van der Waals surface area (Å²) in [6.45, 7) is 1.48. The number of ether oxygens (including phenoxy) is 1. The number of halogens is 1. The molecule has 0 radical (unpaired) electrons. The van der Waals surface area contributed by atoms with Crippen LogP contribution in [0.1, 0.15) is 18.5 Å². The summed E-state index contributed by atoms with van der Waals surface area (Å²) < 4.78 is 41.7. The fourth-order valence-corrected chi connectivity index (χ4v) is 2.33. The van der Waals surface area contributed by atoms with Crippen molar-refractivity contribution in [2.75, 3.05) is 13.4 Å². The molecule has 1 aromatic rings. The zero-order valence-electron chi connectivity index (χ0n) is 10.5. The molecule has 2 atom stereocenters. The van der Waals surface area contributed by atoms with Gasteiger partial charge < -0.3 is 4.74 Å². The van der Waals surface area contributed by atoms with E-state index < -0.39 is 26.9 Å². The van der Waals surface area contributed by atoms with Crippen LogP contribution in [-0.4, -0.2) is 27.0 Å². The van der Waals surface area contributed by atoms with Crippen molar-refractivity contribution in [2.24, 2.45) is 5.84 Å². The summed E-state index contributed by atoms with van der Waals surface area (Å²) in [4.78, 5) is 0. The van der Waals surface area contributed by atoms with Gasteiger partial charge in [0.05, 0.1) is 18.4 Å². The molecule has 0 aliphatic heterocycles. The Balaban J connectivity index is 3.18. The molecule has 0 bridgehead atoms. The molecular weight excluding hydrogens is 259 g/mol. The summed E-state index contributed by atoms with van der Waals surface area (Å²) in [6.07, 6.45) is 1.09. The predicted octanol–water partition coefficient (Wildman–Crippen LogP) is 0.772. The third-order valence-corrected chi connectivity index (χ3v) is 4.49. The van der Waals surface area contributed by atoms with E-state index in [-0.39, 0.29) is 5.56 Å². The first kappa shape index (κ1) is 14.9. The number of hydrazine groups is 1. The standard InChI is InChI=1S/C11H17FN2O3S/c1-7(18(3,15)16)11(14-13)9-5-4-8(17-2)6-10(9)12/h4-7,11,14H,13H2,1-3H3. The van der Waals surface area contributed by atoms with Gasteiger partial charge in [-0.25, -0.2) is 12.8 Å². The van der Waals surface area contributed by atoms with Crippen LogP contribution in [0.4, 0.5) is 4.39 Å². The Morgan fingerprint density at radius 1 is 1.44 bits per heavy atom. The molecule has 0 fully saturated rings. The molecule has 0 aliphatic rings. The van der Waals surface area contributed by atoms with E-state index in [1.165, 1.54) is 26.2 Å². The van der Waals surface area contributed by atoms with E-state index >= 15 is 0 Å². The third-order valence-electron chi connectivity index (χ3n) is 2.87. The topological polar surface area (TPSA) is 81.4 Å².